The molecule has 2 N–H and O–H groups in total. The zero-order valence-corrected chi connectivity index (χ0v) is 12.0. The molecule has 1 saturated heterocycles. The lowest BCUT2D eigenvalue weighted by Crippen LogP contribution is -2.47. The van der Waals surface area contributed by atoms with Crippen LogP contribution >= 0.6 is 0 Å². The van der Waals surface area contributed by atoms with Crippen LogP contribution in [0.4, 0.5) is 4.79 Å². The van der Waals surface area contributed by atoms with Crippen molar-refractivity contribution in [3.05, 3.63) is 0 Å². The van der Waals surface area contributed by atoms with Gasteiger partial charge in [-0.2, -0.15) is 0 Å². The maximum Gasteiger partial charge on any atom is 0.329 e. The predicted molar refractivity (Wildman–Crippen MR) is 73.5 cm³/mol. The van der Waals surface area contributed by atoms with E-state index in [1.807, 2.05) is 4.90 Å². The minimum Gasteiger partial charge on any atom is -0.480 e. The quantitative estimate of drug-likeness (QED) is 0.774. The van der Waals surface area contributed by atoms with Gasteiger partial charge in [-0.3, -0.25) is 0 Å². The van der Waals surface area contributed by atoms with Crippen LogP contribution in [0.3, 0.4) is 0 Å². The number of aliphatic carboxylic acids is 1. The molecule has 0 aromatic heterocycles. The molecule has 2 unspecified atom stereocenters. The summed E-state index contributed by atoms with van der Waals surface area (Å²) in [5.41, 5.74) is 0. The first-order valence-corrected chi connectivity index (χ1v) is 7.49. The molecule has 2 amide bonds. The Morgan fingerprint density at radius 3 is 2.65 bits per heavy atom. The highest BCUT2D eigenvalue weighted by Crippen LogP contribution is 2.34. The number of carboxylic acids is 1. The van der Waals surface area contributed by atoms with Crippen LogP contribution in [-0.4, -0.2) is 53.8 Å². The van der Waals surface area contributed by atoms with Crippen LogP contribution in [0, 0.1) is 5.92 Å². The summed E-state index contributed by atoms with van der Waals surface area (Å²) in [6.07, 6.45) is 4.86. The van der Waals surface area contributed by atoms with E-state index >= 15 is 0 Å². The zero-order chi connectivity index (χ0) is 14.5. The van der Waals surface area contributed by atoms with Crippen molar-refractivity contribution in [3.63, 3.8) is 0 Å². The summed E-state index contributed by atoms with van der Waals surface area (Å²) in [6, 6.07) is 0.383. The molecule has 0 aromatic carbocycles. The molecule has 1 heterocycles. The Bertz CT molecular complexity index is 353. The number of ether oxygens (including phenoxy) is 1. The van der Waals surface area contributed by atoms with Gasteiger partial charge >= 0.3 is 12.0 Å². The highest BCUT2D eigenvalue weighted by atomic mass is 16.5. The van der Waals surface area contributed by atoms with Crippen molar-refractivity contribution in [1.29, 1.82) is 0 Å². The van der Waals surface area contributed by atoms with Gasteiger partial charge in [0.05, 0.1) is 6.10 Å². The van der Waals surface area contributed by atoms with Crippen molar-refractivity contribution in [2.75, 3.05) is 19.7 Å². The minimum absolute atomic E-state index is 0.0188. The van der Waals surface area contributed by atoms with Crippen LogP contribution in [0.5, 0.6) is 0 Å². The summed E-state index contributed by atoms with van der Waals surface area (Å²) in [6.45, 7) is 3.19. The van der Waals surface area contributed by atoms with Gasteiger partial charge in [-0.1, -0.05) is 13.3 Å². The Balaban J connectivity index is 1.63. The number of carboxylic acid groups (broad SMARTS) is 1. The number of amides is 2. The Morgan fingerprint density at radius 1 is 1.35 bits per heavy atom. The van der Waals surface area contributed by atoms with Crippen molar-refractivity contribution < 1.29 is 19.4 Å². The number of urea groups is 1. The van der Waals surface area contributed by atoms with E-state index in [0.717, 1.165) is 6.42 Å². The lowest BCUT2D eigenvalue weighted by Gasteiger charge is -2.31. The lowest BCUT2D eigenvalue weighted by molar-refractivity contribution is -0.145. The molecule has 0 aromatic rings. The van der Waals surface area contributed by atoms with Gasteiger partial charge in [0.1, 0.15) is 6.61 Å². The molecule has 1 saturated carbocycles. The number of piperidine rings is 1. The molecule has 0 bridgehead atoms. The highest BCUT2D eigenvalue weighted by molar-refractivity contribution is 5.75. The largest absolute Gasteiger partial charge is 0.480 e. The van der Waals surface area contributed by atoms with E-state index in [1.54, 1.807) is 0 Å². The first-order chi connectivity index (χ1) is 9.60. The molecule has 2 atom stereocenters. The molecule has 6 nitrogen and oxygen atoms in total. The zero-order valence-electron chi connectivity index (χ0n) is 12.0. The standard InChI is InChI=1S/C14H24N2O4/c1-2-3-10-8-12(10)15-14(19)16-6-4-11(5-7-16)20-9-13(17)18/h10-12H,2-9H2,1H3,(H,15,19)(H,17,18). The number of hydrogen-bond donors (Lipinski definition) is 2. The molecule has 1 aliphatic carbocycles. The predicted octanol–water partition coefficient (Wildman–Crippen LogP) is 1.45. The molecular formula is C14H24N2O4. The summed E-state index contributed by atoms with van der Waals surface area (Å²) in [5, 5.41) is 11.6. The summed E-state index contributed by atoms with van der Waals surface area (Å²) < 4.78 is 5.26. The number of hydrogen-bond acceptors (Lipinski definition) is 3. The molecule has 1 aliphatic heterocycles. The summed E-state index contributed by atoms with van der Waals surface area (Å²) in [5.74, 6) is -0.277. The van der Waals surface area contributed by atoms with E-state index in [1.165, 1.54) is 12.8 Å². The first-order valence-electron chi connectivity index (χ1n) is 7.49. The second-order valence-electron chi connectivity index (χ2n) is 5.73. The van der Waals surface area contributed by atoms with E-state index in [2.05, 4.69) is 12.2 Å². The van der Waals surface area contributed by atoms with E-state index in [0.29, 0.717) is 37.9 Å². The van der Waals surface area contributed by atoms with Crippen molar-refractivity contribution in [2.45, 2.75) is 51.2 Å². The number of rotatable bonds is 6. The van der Waals surface area contributed by atoms with Gasteiger partial charge in [0.25, 0.3) is 0 Å². The average molecular weight is 284 g/mol. The van der Waals surface area contributed by atoms with E-state index in [4.69, 9.17) is 9.84 Å². The Kier molecular flexibility index (Phi) is 5.23. The molecule has 2 fully saturated rings. The van der Waals surface area contributed by atoms with Crippen LogP contribution in [-0.2, 0) is 9.53 Å². The van der Waals surface area contributed by atoms with Gasteiger partial charge in [-0.25, -0.2) is 9.59 Å². The Labute approximate surface area is 119 Å². The highest BCUT2D eigenvalue weighted by Gasteiger charge is 2.38. The maximum absolute atomic E-state index is 12.1. The molecule has 20 heavy (non-hydrogen) atoms. The third-order valence-corrected chi connectivity index (χ3v) is 4.06. The normalized spacial score (nSPS) is 26.4. The second kappa shape index (κ2) is 6.92. The lowest BCUT2D eigenvalue weighted by atomic mass is 10.1. The average Bonchev–Trinajstić information content (AvgIpc) is 3.15. The minimum atomic E-state index is -0.944. The Hall–Kier alpha value is -1.30. The molecule has 0 spiro atoms. The second-order valence-corrected chi connectivity index (χ2v) is 5.73. The molecule has 6 heteroatoms. The van der Waals surface area contributed by atoms with Gasteiger partial charge < -0.3 is 20.1 Å². The van der Waals surface area contributed by atoms with Crippen LogP contribution in [0.15, 0.2) is 0 Å². The number of nitrogens with zero attached hydrogens (tertiary/aromatic N) is 1. The molecule has 0 radical (unpaired) electrons. The summed E-state index contributed by atoms with van der Waals surface area (Å²) in [4.78, 5) is 24.3. The van der Waals surface area contributed by atoms with Gasteiger partial charge in [0, 0.05) is 19.1 Å². The smallest absolute Gasteiger partial charge is 0.329 e. The SMILES string of the molecule is CCCC1CC1NC(=O)N1CCC(OCC(=O)O)CC1. The summed E-state index contributed by atoms with van der Waals surface area (Å²) in [7, 11) is 0. The molecule has 2 aliphatic rings. The van der Waals surface area contributed by atoms with Crippen molar-refractivity contribution >= 4 is 12.0 Å². The fraction of sp³-hybridized carbons (Fsp3) is 0.857. The van der Waals surface area contributed by atoms with Crippen LogP contribution < -0.4 is 5.32 Å². The van der Waals surface area contributed by atoms with Gasteiger partial charge in [-0.15, -0.1) is 0 Å². The number of carbonyl (C=O) groups excluding carboxylic acids is 1. The number of carbonyl (C=O) groups is 2. The van der Waals surface area contributed by atoms with E-state index < -0.39 is 5.97 Å². The van der Waals surface area contributed by atoms with Crippen LogP contribution in [0.25, 0.3) is 0 Å². The molecule has 2 rings (SSSR count). The fourth-order valence-corrected chi connectivity index (χ4v) is 2.78. The van der Waals surface area contributed by atoms with Crippen molar-refractivity contribution in [2.24, 2.45) is 5.92 Å². The first kappa shape index (κ1) is 15.1. The maximum atomic E-state index is 12.1. The Morgan fingerprint density at radius 2 is 2.05 bits per heavy atom. The van der Waals surface area contributed by atoms with Gasteiger partial charge in [-0.05, 0) is 31.6 Å². The van der Waals surface area contributed by atoms with Crippen LogP contribution in [0.2, 0.25) is 0 Å². The topological polar surface area (TPSA) is 78.9 Å². The molecule has 114 valence electrons. The number of likely N-dealkylation sites (tertiary alicyclic amines) is 1. The van der Waals surface area contributed by atoms with Crippen LogP contribution in [0.1, 0.15) is 39.0 Å². The van der Waals surface area contributed by atoms with Crippen molar-refractivity contribution in [3.8, 4) is 0 Å². The fourth-order valence-electron chi connectivity index (χ4n) is 2.78. The van der Waals surface area contributed by atoms with E-state index in [-0.39, 0.29) is 18.7 Å². The third kappa shape index (κ3) is 4.37. The van der Waals surface area contributed by atoms with Crippen molar-refractivity contribution in [1.82, 2.24) is 10.2 Å². The third-order valence-electron chi connectivity index (χ3n) is 4.06. The number of nitrogens with one attached hydrogen (secondary N) is 1. The monoisotopic (exact) mass is 284 g/mol. The van der Waals surface area contributed by atoms with Gasteiger partial charge in [0.2, 0.25) is 0 Å². The summed E-state index contributed by atoms with van der Waals surface area (Å²) >= 11 is 0. The van der Waals surface area contributed by atoms with E-state index in [9.17, 15) is 9.59 Å². The van der Waals surface area contributed by atoms with Gasteiger partial charge in [0.15, 0.2) is 0 Å². The molecular weight excluding hydrogens is 260 g/mol.